The largest absolute Gasteiger partial charge is 0.495 e. The number of non-ortho nitro benzene ring substituents is 1. The second-order valence-electron chi connectivity index (χ2n) is 6.99. The van der Waals surface area contributed by atoms with Crippen molar-refractivity contribution in [3.63, 3.8) is 0 Å². The standard InChI is InChI=1S/C21H27N3O5/c1-27-19-8-7-17(24(25)26)13-18(19)22-16-9-11-23(12-10-16)14-15-5-4-6-20(28-2)21(15)29-3/h4-8,13,16,22H,9-12,14H2,1-3H3. The molecule has 3 rings (SSSR count). The third-order valence-electron chi connectivity index (χ3n) is 5.22. The van der Waals surface area contributed by atoms with E-state index in [1.165, 1.54) is 12.1 Å². The maximum Gasteiger partial charge on any atom is 0.271 e. The molecule has 29 heavy (non-hydrogen) atoms. The average molecular weight is 401 g/mol. The van der Waals surface area contributed by atoms with Crippen LogP contribution in [0.3, 0.4) is 0 Å². The van der Waals surface area contributed by atoms with Crippen molar-refractivity contribution < 1.29 is 19.1 Å². The minimum atomic E-state index is -0.394. The molecule has 0 aliphatic carbocycles. The number of methoxy groups -OCH3 is 3. The fourth-order valence-corrected chi connectivity index (χ4v) is 3.70. The van der Waals surface area contributed by atoms with E-state index in [4.69, 9.17) is 14.2 Å². The van der Waals surface area contributed by atoms with Gasteiger partial charge in [-0.2, -0.15) is 0 Å². The van der Waals surface area contributed by atoms with Crippen molar-refractivity contribution in [2.75, 3.05) is 39.7 Å². The number of nitro benzene ring substituents is 1. The first-order valence-corrected chi connectivity index (χ1v) is 9.57. The van der Waals surface area contributed by atoms with Crippen LogP contribution >= 0.6 is 0 Å². The van der Waals surface area contributed by atoms with Gasteiger partial charge in [0.1, 0.15) is 5.75 Å². The number of hydrogen-bond acceptors (Lipinski definition) is 7. The van der Waals surface area contributed by atoms with Gasteiger partial charge in [0.15, 0.2) is 11.5 Å². The van der Waals surface area contributed by atoms with E-state index in [2.05, 4.69) is 16.3 Å². The maximum absolute atomic E-state index is 11.1. The smallest absolute Gasteiger partial charge is 0.271 e. The summed E-state index contributed by atoms with van der Waals surface area (Å²) in [6.45, 7) is 2.61. The van der Waals surface area contributed by atoms with Crippen molar-refractivity contribution in [3.05, 3.63) is 52.1 Å². The second kappa shape index (κ2) is 9.47. The van der Waals surface area contributed by atoms with Crippen LogP contribution in [0.1, 0.15) is 18.4 Å². The first-order chi connectivity index (χ1) is 14.0. The summed E-state index contributed by atoms with van der Waals surface area (Å²) < 4.78 is 16.3. The molecular formula is C21H27N3O5. The quantitative estimate of drug-likeness (QED) is 0.533. The summed E-state index contributed by atoms with van der Waals surface area (Å²) in [5.74, 6) is 2.12. The molecule has 0 unspecified atom stereocenters. The number of hydrogen-bond donors (Lipinski definition) is 1. The highest BCUT2D eigenvalue weighted by Crippen LogP contribution is 2.33. The molecular weight excluding hydrogens is 374 g/mol. The zero-order chi connectivity index (χ0) is 20.8. The summed E-state index contributed by atoms with van der Waals surface area (Å²) in [5, 5.41) is 14.5. The first kappa shape index (κ1) is 20.7. The molecule has 0 amide bonds. The molecule has 1 saturated heterocycles. The molecule has 1 aliphatic rings. The molecule has 8 nitrogen and oxygen atoms in total. The van der Waals surface area contributed by atoms with Crippen molar-refractivity contribution in [1.29, 1.82) is 0 Å². The molecule has 1 heterocycles. The third-order valence-corrected chi connectivity index (χ3v) is 5.22. The number of nitrogens with one attached hydrogen (secondary N) is 1. The summed E-state index contributed by atoms with van der Waals surface area (Å²) >= 11 is 0. The van der Waals surface area contributed by atoms with Crippen LogP contribution in [0.4, 0.5) is 11.4 Å². The molecule has 0 bridgehead atoms. The van der Waals surface area contributed by atoms with Crippen LogP contribution in [-0.4, -0.2) is 50.3 Å². The van der Waals surface area contributed by atoms with Gasteiger partial charge >= 0.3 is 0 Å². The normalized spacial score (nSPS) is 15.0. The summed E-state index contributed by atoms with van der Waals surface area (Å²) in [4.78, 5) is 13.1. The van der Waals surface area contributed by atoms with Crippen LogP contribution in [-0.2, 0) is 6.54 Å². The maximum atomic E-state index is 11.1. The average Bonchev–Trinajstić information content (AvgIpc) is 2.74. The first-order valence-electron chi connectivity index (χ1n) is 9.57. The Morgan fingerprint density at radius 1 is 1.07 bits per heavy atom. The number of para-hydroxylation sites is 1. The molecule has 0 spiro atoms. The van der Waals surface area contributed by atoms with Crippen LogP contribution < -0.4 is 19.5 Å². The Labute approximate surface area is 170 Å². The Hall–Kier alpha value is -3.00. The van der Waals surface area contributed by atoms with Gasteiger partial charge < -0.3 is 19.5 Å². The van der Waals surface area contributed by atoms with Crippen LogP contribution in [0.2, 0.25) is 0 Å². The summed E-state index contributed by atoms with van der Waals surface area (Å²) in [6, 6.07) is 10.8. The molecule has 1 N–H and O–H groups in total. The van der Waals surface area contributed by atoms with E-state index in [1.54, 1.807) is 27.4 Å². The van der Waals surface area contributed by atoms with Gasteiger partial charge in [-0.3, -0.25) is 15.0 Å². The molecule has 2 aromatic rings. The van der Waals surface area contributed by atoms with Crippen molar-refractivity contribution in [2.45, 2.75) is 25.4 Å². The van der Waals surface area contributed by atoms with Gasteiger partial charge in [-0.1, -0.05) is 12.1 Å². The van der Waals surface area contributed by atoms with Crippen LogP contribution in [0.5, 0.6) is 17.2 Å². The third kappa shape index (κ3) is 4.89. The molecule has 2 aromatic carbocycles. The number of nitrogens with zero attached hydrogens (tertiary/aromatic N) is 2. The molecule has 0 aromatic heterocycles. The Balaban J connectivity index is 1.62. The number of piperidine rings is 1. The Morgan fingerprint density at radius 3 is 2.41 bits per heavy atom. The highest BCUT2D eigenvalue weighted by atomic mass is 16.6. The number of anilines is 1. The number of rotatable bonds is 8. The van der Waals surface area contributed by atoms with Crippen molar-refractivity contribution in [3.8, 4) is 17.2 Å². The van der Waals surface area contributed by atoms with E-state index < -0.39 is 4.92 Å². The van der Waals surface area contributed by atoms with Gasteiger partial charge in [0, 0.05) is 43.4 Å². The fourth-order valence-electron chi connectivity index (χ4n) is 3.70. The van der Waals surface area contributed by atoms with Crippen LogP contribution in [0.15, 0.2) is 36.4 Å². The zero-order valence-corrected chi connectivity index (χ0v) is 17.0. The minimum absolute atomic E-state index is 0.0517. The SMILES string of the molecule is COc1ccc([N+](=O)[O-])cc1NC1CCN(Cc2cccc(OC)c2OC)CC1. The lowest BCUT2D eigenvalue weighted by Gasteiger charge is -2.33. The van der Waals surface area contributed by atoms with Crippen molar-refractivity contribution in [2.24, 2.45) is 0 Å². The van der Waals surface area contributed by atoms with Crippen LogP contribution in [0.25, 0.3) is 0 Å². The lowest BCUT2D eigenvalue weighted by molar-refractivity contribution is -0.384. The predicted molar refractivity (Wildman–Crippen MR) is 111 cm³/mol. The van der Waals surface area contributed by atoms with Gasteiger partial charge in [0.05, 0.1) is 31.9 Å². The van der Waals surface area contributed by atoms with Gasteiger partial charge in [-0.15, -0.1) is 0 Å². The second-order valence-corrected chi connectivity index (χ2v) is 6.99. The molecule has 1 aliphatic heterocycles. The van der Waals surface area contributed by atoms with Gasteiger partial charge in [0.25, 0.3) is 5.69 Å². The topological polar surface area (TPSA) is 86.1 Å². The number of ether oxygens (including phenoxy) is 3. The molecule has 0 radical (unpaired) electrons. The Kier molecular flexibility index (Phi) is 6.77. The summed E-state index contributed by atoms with van der Waals surface area (Å²) in [6.07, 6.45) is 1.86. The number of nitro groups is 1. The van der Waals surface area contributed by atoms with E-state index in [1.807, 2.05) is 12.1 Å². The van der Waals surface area contributed by atoms with E-state index in [0.717, 1.165) is 49.5 Å². The Morgan fingerprint density at radius 2 is 1.79 bits per heavy atom. The zero-order valence-electron chi connectivity index (χ0n) is 17.0. The molecule has 156 valence electrons. The van der Waals surface area contributed by atoms with Gasteiger partial charge in [-0.25, -0.2) is 0 Å². The molecule has 0 saturated carbocycles. The predicted octanol–water partition coefficient (Wildman–Crippen LogP) is 3.70. The molecule has 0 atom stereocenters. The number of likely N-dealkylation sites (tertiary alicyclic amines) is 1. The summed E-state index contributed by atoms with van der Waals surface area (Å²) in [5.41, 5.74) is 1.81. The molecule has 1 fully saturated rings. The van der Waals surface area contributed by atoms with E-state index in [-0.39, 0.29) is 11.7 Å². The van der Waals surface area contributed by atoms with Crippen LogP contribution in [0, 0.1) is 10.1 Å². The number of benzene rings is 2. The van der Waals surface area contributed by atoms with E-state index in [0.29, 0.717) is 11.4 Å². The van der Waals surface area contributed by atoms with Crippen molar-refractivity contribution in [1.82, 2.24) is 4.90 Å². The van der Waals surface area contributed by atoms with E-state index >= 15 is 0 Å². The van der Waals surface area contributed by atoms with E-state index in [9.17, 15) is 10.1 Å². The highest BCUT2D eigenvalue weighted by molar-refractivity contribution is 5.62. The monoisotopic (exact) mass is 401 g/mol. The van der Waals surface area contributed by atoms with Crippen molar-refractivity contribution >= 4 is 11.4 Å². The fraction of sp³-hybridized carbons (Fsp3) is 0.429. The molecule has 8 heteroatoms. The Bertz CT molecular complexity index is 850. The lowest BCUT2D eigenvalue weighted by Crippen LogP contribution is -2.38. The van der Waals surface area contributed by atoms with Gasteiger partial charge in [0.2, 0.25) is 0 Å². The summed E-state index contributed by atoms with van der Waals surface area (Å²) in [7, 11) is 4.86. The minimum Gasteiger partial charge on any atom is -0.495 e. The lowest BCUT2D eigenvalue weighted by atomic mass is 10.0. The highest BCUT2D eigenvalue weighted by Gasteiger charge is 2.22. The van der Waals surface area contributed by atoms with Gasteiger partial charge in [-0.05, 0) is 25.0 Å².